The molecule has 162 valence electrons. The number of anilines is 2. The number of nitrogens with zero attached hydrogens (tertiary/aromatic N) is 3. The summed E-state index contributed by atoms with van der Waals surface area (Å²) in [6.07, 6.45) is 5.32. The van der Waals surface area contributed by atoms with Crippen molar-refractivity contribution >= 4 is 11.6 Å². The molecule has 1 N–H and O–H groups in total. The molecule has 1 aliphatic rings. The van der Waals surface area contributed by atoms with Gasteiger partial charge in [-0.15, -0.1) is 0 Å². The van der Waals surface area contributed by atoms with Crippen LogP contribution in [0, 0.1) is 0 Å². The summed E-state index contributed by atoms with van der Waals surface area (Å²) in [4.78, 5) is 11.4. The van der Waals surface area contributed by atoms with Crippen molar-refractivity contribution in [2.24, 2.45) is 0 Å². The minimum absolute atomic E-state index is 0.312. The molecule has 0 spiro atoms. The Labute approximate surface area is 184 Å². The molecule has 1 saturated heterocycles. The monoisotopic (exact) mass is 418 g/mol. The molecule has 6 heteroatoms. The third-order valence-corrected chi connectivity index (χ3v) is 5.50. The zero-order valence-electron chi connectivity index (χ0n) is 18.4. The van der Waals surface area contributed by atoms with Crippen molar-refractivity contribution in [2.45, 2.75) is 32.5 Å². The molecule has 4 rings (SSSR count). The van der Waals surface area contributed by atoms with Gasteiger partial charge in [0.05, 0.1) is 19.3 Å². The summed E-state index contributed by atoms with van der Waals surface area (Å²) in [6.45, 7) is 7.37. The minimum Gasteiger partial charge on any atom is -0.497 e. The Kier molecular flexibility index (Phi) is 6.79. The van der Waals surface area contributed by atoms with Crippen molar-refractivity contribution in [1.29, 1.82) is 0 Å². The van der Waals surface area contributed by atoms with E-state index in [1.54, 1.807) is 7.11 Å². The first-order valence-corrected chi connectivity index (χ1v) is 10.8. The van der Waals surface area contributed by atoms with Gasteiger partial charge in [-0.05, 0) is 55.7 Å². The molecule has 0 aliphatic carbocycles. The van der Waals surface area contributed by atoms with Crippen molar-refractivity contribution in [3.8, 4) is 16.9 Å². The van der Waals surface area contributed by atoms with Crippen molar-refractivity contribution in [3.05, 3.63) is 66.5 Å². The van der Waals surface area contributed by atoms with Crippen LogP contribution in [0.25, 0.3) is 11.1 Å². The quantitative estimate of drug-likeness (QED) is 0.608. The maximum absolute atomic E-state index is 5.82. The van der Waals surface area contributed by atoms with Crippen molar-refractivity contribution in [3.63, 3.8) is 0 Å². The van der Waals surface area contributed by atoms with Gasteiger partial charge in [0.2, 0.25) is 5.95 Å². The number of rotatable bonds is 7. The molecule has 6 nitrogen and oxygen atoms in total. The van der Waals surface area contributed by atoms with Crippen LogP contribution in [0.5, 0.6) is 5.75 Å². The smallest absolute Gasteiger partial charge is 0.227 e. The first-order valence-electron chi connectivity index (χ1n) is 10.8. The molecule has 2 heterocycles. The first-order chi connectivity index (χ1) is 15.1. The number of morpholine rings is 1. The molecule has 0 saturated carbocycles. The molecule has 2 atom stereocenters. The normalized spacial score (nSPS) is 19.2. The Morgan fingerprint density at radius 2 is 1.58 bits per heavy atom. The predicted octanol–water partition coefficient (Wildman–Crippen LogP) is 4.55. The van der Waals surface area contributed by atoms with E-state index in [1.165, 1.54) is 5.56 Å². The number of methoxy groups -OCH3 is 1. The summed E-state index contributed by atoms with van der Waals surface area (Å²) in [5.74, 6) is 1.42. The van der Waals surface area contributed by atoms with Crippen LogP contribution in [0.4, 0.5) is 11.6 Å². The highest BCUT2D eigenvalue weighted by Gasteiger charge is 2.21. The molecule has 1 fully saturated rings. The van der Waals surface area contributed by atoms with E-state index in [2.05, 4.69) is 58.3 Å². The molecule has 31 heavy (non-hydrogen) atoms. The summed E-state index contributed by atoms with van der Waals surface area (Å²) in [7, 11) is 1.66. The summed E-state index contributed by atoms with van der Waals surface area (Å²) < 4.78 is 11.0. The van der Waals surface area contributed by atoms with Crippen LogP contribution in [0.15, 0.2) is 60.9 Å². The van der Waals surface area contributed by atoms with E-state index in [4.69, 9.17) is 9.47 Å². The maximum atomic E-state index is 5.82. The van der Waals surface area contributed by atoms with Gasteiger partial charge in [0.1, 0.15) is 5.75 Å². The van der Waals surface area contributed by atoms with Gasteiger partial charge in [0.25, 0.3) is 0 Å². The van der Waals surface area contributed by atoms with Crippen LogP contribution < -0.4 is 10.1 Å². The van der Waals surface area contributed by atoms with Crippen molar-refractivity contribution in [1.82, 2.24) is 14.9 Å². The fourth-order valence-electron chi connectivity index (χ4n) is 3.96. The second-order valence-corrected chi connectivity index (χ2v) is 8.11. The van der Waals surface area contributed by atoms with Crippen LogP contribution in [0.1, 0.15) is 19.4 Å². The van der Waals surface area contributed by atoms with E-state index in [1.807, 2.05) is 36.7 Å². The molecule has 0 radical (unpaired) electrons. The summed E-state index contributed by atoms with van der Waals surface area (Å²) in [5.41, 5.74) is 4.33. The fraction of sp³-hybridized carbons (Fsp3) is 0.360. The summed E-state index contributed by atoms with van der Waals surface area (Å²) in [6, 6.07) is 16.4. The van der Waals surface area contributed by atoms with Crippen LogP contribution in [-0.2, 0) is 11.2 Å². The standard InChI is InChI=1S/C25H30N4O2/c1-18-16-29(17-19(2)31-18)13-12-20-4-8-23(9-5-20)28-25-26-14-22(15-27-25)21-6-10-24(30-3)11-7-21/h4-11,14-15,18-19H,12-13,16-17H2,1-3H3,(H,26,27,28). The van der Waals surface area contributed by atoms with Gasteiger partial charge in [0.15, 0.2) is 0 Å². The van der Waals surface area contributed by atoms with E-state index >= 15 is 0 Å². The second-order valence-electron chi connectivity index (χ2n) is 8.11. The van der Waals surface area contributed by atoms with Crippen molar-refractivity contribution in [2.75, 3.05) is 32.1 Å². The molecule has 3 aromatic rings. The zero-order valence-corrected chi connectivity index (χ0v) is 18.4. The van der Waals surface area contributed by atoms with Crippen LogP contribution in [0.2, 0.25) is 0 Å². The predicted molar refractivity (Wildman–Crippen MR) is 124 cm³/mol. The van der Waals surface area contributed by atoms with Gasteiger partial charge in [0, 0.05) is 43.3 Å². The number of aromatic nitrogens is 2. The Bertz CT molecular complexity index is 948. The number of nitrogens with one attached hydrogen (secondary N) is 1. The highest BCUT2D eigenvalue weighted by atomic mass is 16.5. The number of hydrogen-bond donors (Lipinski definition) is 1. The van der Waals surface area contributed by atoms with E-state index in [-0.39, 0.29) is 0 Å². The molecule has 1 aliphatic heterocycles. The number of hydrogen-bond acceptors (Lipinski definition) is 6. The third kappa shape index (κ3) is 5.81. The van der Waals surface area contributed by atoms with Gasteiger partial charge >= 0.3 is 0 Å². The van der Waals surface area contributed by atoms with Gasteiger partial charge in [-0.2, -0.15) is 0 Å². The van der Waals surface area contributed by atoms with Crippen molar-refractivity contribution < 1.29 is 9.47 Å². The van der Waals surface area contributed by atoms with Crippen LogP contribution in [0.3, 0.4) is 0 Å². The third-order valence-electron chi connectivity index (χ3n) is 5.50. The van der Waals surface area contributed by atoms with E-state index < -0.39 is 0 Å². The highest BCUT2D eigenvalue weighted by Crippen LogP contribution is 2.22. The van der Waals surface area contributed by atoms with Crippen LogP contribution in [-0.4, -0.2) is 53.8 Å². The molecule has 0 amide bonds. The summed E-state index contributed by atoms with van der Waals surface area (Å²) >= 11 is 0. The molecule has 1 aromatic heterocycles. The Morgan fingerprint density at radius 1 is 0.935 bits per heavy atom. The average molecular weight is 419 g/mol. The van der Waals surface area contributed by atoms with Gasteiger partial charge in [-0.25, -0.2) is 9.97 Å². The lowest BCUT2D eigenvalue weighted by Gasteiger charge is -2.35. The highest BCUT2D eigenvalue weighted by molar-refractivity contribution is 5.63. The van der Waals surface area contributed by atoms with Crippen LogP contribution >= 0.6 is 0 Å². The minimum atomic E-state index is 0.312. The molecule has 2 unspecified atom stereocenters. The van der Waals surface area contributed by atoms with Gasteiger partial charge < -0.3 is 14.8 Å². The largest absolute Gasteiger partial charge is 0.497 e. The maximum Gasteiger partial charge on any atom is 0.227 e. The summed E-state index contributed by atoms with van der Waals surface area (Å²) in [5, 5.41) is 3.28. The average Bonchev–Trinajstić information content (AvgIpc) is 2.79. The van der Waals surface area contributed by atoms with E-state index in [0.29, 0.717) is 18.2 Å². The Balaban J connectivity index is 1.31. The van der Waals surface area contributed by atoms with Gasteiger partial charge in [-0.1, -0.05) is 24.3 Å². The Hall–Kier alpha value is -2.96. The van der Waals surface area contributed by atoms with Gasteiger partial charge in [-0.3, -0.25) is 4.90 Å². The van der Waals surface area contributed by atoms with E-state index in [0.717, 1.165) is 48.6 Å². The zero-order chi connectivity index (χ0) is 21.6. The lowest BCUT2D eigenvalue weighted by molar-refractivity contribution is -0.0675. The fourth-order valence-corrected chi connectivity index (χ4v) is 3.96. The molecular weight excluding hydrogens is 388 g/mol. The number of ether oxygens (including phenoxy) is 2. The number of benzene rings is 2. The lowest BCUT2D eigenvalue weighted by Crippen LogP contribution is -2.46. The lowest BCUT2D eigenvalue weighted by atomic mass is 10.1. The molecular formula is C25H30N4O2. The first kappa shape index (κ1) is 21.3. The molecule has 2 aromatic carbocycles. The Morgan fingerprint density at radius 3 is 2.19 bits per heavy atom. The van der Waals surface area contributed by atoms with E-state index in [9.17, 15) is 0 Å². The second kappa shape index (κ2) is 9.90. The SMILES string of the molecule is COc1ccc(-c2cnc(Nc3ccc(CCN4CC(C)OC(C)C4)cc3)nc2)cc1. The molecule has 0 bridgehead atoms. The topological polar surface area (TPSA) is 59.5 Å².